The van der Waals surface area contributed by atoms with E-state index in [-0.39, 0.29) is 17.9 Å². The Morgan fingerprint density at radius 2 is 0.511 bits per heavy atom. The lowest BCUT2D eigenvalue weighted by atomic mass is 9.85. The van der Waals surface area contributed by atoms with Gasteiger partial charge in [0.1, 0.15) is 0 Å². The second kappa shape index (κ2) is 40.4. The van der Waals surface area contributed by atoms with Crippen molar-refractivity contribution in [2.24, 2.45) is 0 Å². The summed E-state index contributed by atoms with van der Waals surface area (Å²) in [5.41, 5.74) is 0.212. The Bertz CT molecular complexity index is 532. The fraction of sp³-hybridized carbons (Fsp3) is 0.956. The van der Waals surface area contributed by atoms with Gasteiger partial charge in [-0.25, -0.2) is 0 Å². The van der Waals surface area contributed by atoms with Crippen LogP contribution >= 0.6 is 12.4 Å². The van der Waals surface area contributed by atoms with Gasteiger partial charge in [0.25, 0.3) is 0 Å². The Morgan fingerprint density at radius 3 is 0.660 bits per heavy atom. The summed E-state index contributed by atoms with van der Waals surface area (Å²) >= 11 is 0. The summed E-state index contributed by atoms with van der Waals surface area (Å²) < 4.78 is 0. The summed E-state index contributed by atoms with van der Waals surface area (Å²) in [6.45, 7) is 8.93. The first-order valence-electron chi connectivity index (χ1n) is 21.9. The van der Waals surface area contributed by atoms with Crippen LogP contribution in [0.15, 0.2) is 12.7 Å². The monoisotopic (exact) mass is 682 g/mol. The molecule has 0 rings (SSSR count). The van der Waals surface area contributed by atoms with Crippen LogP contribution in [0.2, 0.25) is 0 Å². The van der Waals surface area contributed by atoms with Crippen molar-refractivity contribution in [2.75, 3.05) is 14.1 Å². The lowest BCUT2D eigenvalue weighted by Gasteiger charge is -2.38. The van der Waals surface area contributed by atoms with Crippen LogP contribution < -0.4 is 0 Å². The molecule has 0 aliphatic rings. The molecule has 0 aromatic heterocycles. The molecule has 0 aliphatic heterocycles. The standard InChI is InChI=1S/C45H91N.ClH/c1-6-9-11-13-15-17-19-21-23-25-27-29-31-33-35-37-39-41-43-45(8-3,46(4)5)44-42-40-38-36-34-32-30-28-26-24-22-20-18-16-14-12-10-7-2;/h8H,3,6-7,9-44H2,1-2,4-5H3;1H. The Hall–Kier alpha value is -0.0100. The average molecular weight is 683 g/mol. The van der Waals surface area contributed by atoms with Gasteiger partial charge in [0, 0.05) is 5.54 Å². The molecule has 0 aromatic carbocycles. The third-order valence-electron chi connectivity index (χ3n) is 11.2. The molecule has 0 spiro atoms. The van der Waals surface area contributed by atoms with Gasteiger partial charge >= 0.3 is 0 Å². The summed E-state index contributed by atoms with van der Waals surface area (Å²) in [7, 11) is 4.57. The van der Waals surface area contributed by atoms with Crippen LogP contribution in [0.25, 0.3) is 0 Å². The molecule has 0 saturated carbocycles. The summed E-state index contributed by atoms with van der Waals surface area (Å²) in [4.78, 5) is 2.47. The maximum Gasteiger partial charge on any atom is 0.0382 e. The molecule has 0 saturated heterocycles. The second-order valence-electron chi connectivity index (χ2n) is 15.7. The zero-order valence-electron chi connectivity index (χ0n) is 33.5. The molecule has 1 nitrogen and oxygen atoms in total. The molecule has 2 heteroatoms. The summed E-state index contributed by atoms with van der Waals surface area (Å²) in [5.74, 6) is 0. The lowest BCUT2D eigenvalue weighted by molar-refractivity contribution is 0.171. The number of hydrogen-bond acceptors (Lipinski definition) is 1. The number of unbranched alkanes of at least 4 members (excludes halogenated alkanes) is 34. The zero-order valence-corrected chi connectivity index (χ0v) is 34.3. The first kappa shape index (κ1) is 49.1. The predicted molar refractivity (Wildman–Crippen MR) is 221 cm³/mol. The van der Waals surface area contributed by atoms with E-state index in [2.05, 4.69) is 45.5 Å². The van der Waals surface area contributed by atoms with Crippen LogP contribution in [0.1, 0.15) is 258 Å². The van der Waals surface area contributed by atoms with Crippen LogP contribution in [-0.4, -0.2) is 24.5 Å². The van der Waals surface area contributed by atoms with Crippen molar-refractivity contribution < 1.29 is 0 Å². The van der Waals surface area contributed by atoms with Crippen molar-refractivity contribution in [1.29, 1.82) is 0 Å². The second-order valence-corrected chi connectivity index (χ2v) is 15.7. The molecule has 0 aromatic rings. The van der Waals surface area contributed by atoms with Crippen molar-refractivity contribution >= 4 is 12.4 Å². The minimum Gasteiger partial charge on any atom is -0.300 e. The van der Waals surface area contributed by atoms with Gasteiger partial charge in [-0.05, 0) is 26.9 Å². The van der Waals surface area contributed by atoms with Crippen molar-refractivity contribution in [1.82, 2.24) is 4.90 Å². The van der Waals surface area contributed by atoms with Gasteiger partial charge in [0.05, 0.1) is 0 Å². The van der Waals surface area contributed by atoms with E-state index in [0.29, 0.717) is 0 Å². The molecule has 284 valence electrons. The van der Waals surface area contributed by atoms with Crippen LogP contribution in [0.4, 0.5) is 0 Å². The zero-order chi connectivity index (χ0) is 33.7. The van der Waals surface area contributed by atoms with E-state index in [0.717, 1.165) is 0 Å². The Labute approximate surface area is 306 Å². The van der Waals surface area contributed by atoms with Crippen LogP contribution in [0, 0.1) is 0 Å². The molecular formula is C45H92ClN. The normalized spacial score (nSPS) is 11.8. The minimum atomic E-state index is 0. The summed E-state index contributed by atoms with van der Waals surface area (Å²) in [6, 6.07) is 0. The third kappa shape index (κ3) is 34.2. The van der Waals surface area contributed by atoms with Gasteiger partial charge in [0.2, 0.25) is 0 Å². The van der Waals surface area contributed by atoms with Gasteiger partial charge in [-0.1, -0.05) is 251 Å². The quantitative estimate of drug-likeness (QED) is 0.0459. The maximum absolute atomic E-state index is 4.31. The highest BCUT2D eigenvalue weighted by atomic mass is 35.5. The van der Waals surface area contributed by atoms with Gasteiger partial charge in [-0.15, -0.1) is 19.0 Å². The molecule has 0 fully saturated rings. The maximum atomic E-state index is 4.31. The molecule has 0 radical (unpaired) electrons. The highest BCUT2D eigenvalue weighted by molar-refractivity contribution is 5.85. The van der Waals surface area contributed by atoms with Crippen LogP contribution in [0.5, 0.6) is 0 Å². The van der Waals surface area contributed by atoms with Crippen molar-refractivity contribution in [2.45, 2.75) is 263 Å². The Balaban J connectivity index is 0. The van der Waals surface area contributed by atoms with Crippen LogP contribution in [-0.2, 0) is 0 Å². The topological polar surface area (TPSA) is 3.24 Å². The molecule has 0 aliphatic carbocycles. The fourth-order valence-electron chi connectivity index (χ4n) is 7.62. The van der Waals surface area contributed by atoms with E-state index < -0.39 is 0 Å². The van der Waals surface area contributed by atoms with Gasteiger partial charge < -0.3 is 4.90 Å². The van der Waals surface area contributed by atoms with E-state index in [9.17, 15) is 0 Å². The van der Waals surface area contributed by atoms with Crippen molar-refractivity contribution in [3.63, 3.8) is 0 Å². The number of rotatable bonds is 40. The number of nitrogens with zero attached hydrogens (tertiary/aromatic N) is 1. The average Bonchev–Trinajstić information content (AvgIpc) is 3.06. The lowest BCUT2D eigenvalue weighted by Crippen LogP contribution is -2.42. The number of hydrogen-bond donors (Lipinski definition) is 0. The predicted octanol–water partition coefficient (Wildman–Crippen LogP) is 16.8. The van der Waals surface area contributed by atoms with Gasteiger partial charge in [-0.3, -0.25) is 0 Å². The number of halogens is 1. The number of likely N-dealkylation sites (N-methyl/N-ethyl adjacent to an activating group) is 1. The third-order valence-corrected chi connectivity index (χ3v) is 11.2. The Kier molecular flexibility index (Phi) is 42.2. The first-order valence-corrected chi connectivity index (χ1v) is 21.9. The smallest absolute Gasteiger partial charge is 0.0382 e. The van der Waals surface area contributed by atoms with Gasteiger partial charge in [0.15, 0.2) is 0 Å². The van der Waals surface area contributed by atoms with Gasteiger partial charge in [-0.2, -0.15) is 0 Å². The molecule has 0 heterocycles. The molecule has 0 atom stereocenters. The molecule has 0 amide bonds. The van der Waals surface area contributed by atoms with E-state index in [1.165, 1.54) is 244 Å². The highest BCUT2D eigenvalue weighted by Gasteiger charge is 2.27. The van der Waals surface area contributed by atoms with E-state index in [4.69, 9.17) is 0 Å². The van der Waals surface area contributed by atoms with Crippen LogP contribution in [0.3, 0.4) is 0 Å². The van der Waals surface area contributed by atoms with Crippen molar-refractivity contribution in [3.05, 3.63) is 12.7 Å². The van der Waals surface area contributed by atoms with E-state index >= 15 is 0 Å². The SMILES string of the molecule is C=CC(CCCCCCCCCCCCCCCCCCCC)(CCCCCCCCCCCCCCCCCCCC)N(C)C.Cl. The Morgan fingerprint density at radius 1 is 0.340 bits per heavy atom. The molecular weight excluding hydrogens is 590 g/mol. The molecule has 0 bridgehead atoms. The minimum absolute atomic E-state index is 0. The van der Waals surface area contributed by atoms with E-state index in [1.54, 1.807) is 0 Å². The van der Waals surface area contributed by atoms with E-state index in [1.807, 2.05) is 0 Å². The molecule has 47 heavy (non-hydrogen) atoms. The molecule has 0 unspecified atom stereocenters. The fourth-order valence-corrected chi connectivity index (χ4v) is 7.62. The van der Waals surface area contributed by atoms with Crippen molar-refractivity contribution in [3.8, 4) is 0 Å². The highest BCUT2D eigenvalue weighted by Crippen LogP contribution is 2.29. The first-order chi connectivity index (χ1) is 22.6. The summed E-state index contributed by atoms with van der Waals surface area (Å²) in [6.07, 6.45) is 57.1. The summed E-state index contributed by atoms with van der Waals surface area (Å²) in [5, 5.41) is 0. The largest absolute Gasteiger partial charge is 0.300 e. The molecule has 0 N–H and O–H groups in total.